The van der Waals surface area contributed by atoms with Gasteiger partial charge >= 0.3 is 0 Å². The van der Waals surface area contributed by atoms with Crippen LogP contribution in [0.15, 0.2) is 18.2 Å². The van der Waals surface area contributed by atoms with Crippen LogP contribution >= 0.6 is 0 Å². The first kappa shape index (κ1) is 14.8. The Hall–Kier alpha value is -1.58. The SMILES string of the molecule is COc1ccc(CNC2CCS(=O)(=O)CC2)cc1C#N. The molecule has 1 fully saturated rings. The second-order valence-corrected chi connectivity index (χ2v) is 7.26. The first-order valence-corrected chi connectivity index (χ1v) is 8.37. The highest BCUT2D eigenvalue weighted by atomic mass is 32.2. The summed E-state index contributed by atoms with van der Waals surface area (Å²) in [4.78, 5) is 0. The lowest BCUT2D eigenvalue weighted by Crippen LogP contribution is -2.37. The molecule has 0 atom stereocenters. The van der Waals surface area contributed by atoms with Gasteiger partial charge in [-0.15, -0.1) is 0 Å². The van der Waals surface area contributed by atoms with E-state index in [1.807, 2.05) is 6.07 Å². The van der Waals surface area contributed by atoms with Crippen molar-refractivity contribution in [2.24, 2.45) is 0 Å². The van der Waals surface area contributed by atoms with E-state index in [9.17, 15) is 8.42 Å². The minimum absolute atomic E-state index is 0.228. The molecule has 2 rings (SSSR count). The topological polar surface area (TPSA) is 79.2 Å². The van der Waals surface area contributed by atoms with E-state index in [0.29, 0.717) is 30.7 Å². The van der Waals surface area contributed by atoms with Crippen LogP contribution in [0.25, 0.3) is 0 Å². The van der Waals surface area contributed by atoms with Crippen molar-refractivity contribution in [3.63, 3.8) is 0 Å². The molecule has 1 aliphatic rings. The van der Waals surface area contributed by atoms with Crippen molar-refractivity contribution in [2.45, 2.75) is 25.4 Å². The van der Waals surface area contributed by atoms with Crippen LogP contribution in [0.3, 0.4) is 0 Å². The monoisotopic (exact) mass is 294 g/mol. The molecule has 1 aliphatic heterocycles. The molecule has 1 heterocycles. The van der Waals surface area contributed by atoms with Gasteiger partial charge in [0.2, 0.25) is 0 Å². The second-order valence-electron chi connectivity index (χ2n) is 4.95. The zero-order valence-corrected chi connectivity index (χ0v) is 12.2. The molecule has 1 saturated heterocycles. The van der Waals surface area contributed by atoms with Crippen LogP contribution in [0.4, 0.5) is 0 Å². The molecule has 108 valence electrons. The van der Waals surface area contributed by atoms with Gasteiger partial charge in [-0.2, -0.15) is 5.26 Å². The third-order valence-electron chi connectivity index (χ3n) is 3.53. The van der Waals surface area contributed by atoms with Crippen LogP contribution in [0.1, 0.15) is 24.0 Å². The maximum Gasteiger partial charge on any atom is 0.150 e. The third-order valence-corrected chi connectivity index (χ3v) is 5.25. The third kappa shape index (κ3) is 3.71. The fourth-order valence-electron chi connectivity index (χ4n) is 2.31. The van der Waals surface area contributed by atoms with Gasteiger partial charge in [-0.3, -0.25) is 0 Å². The standard InChI is InChI=1S/C14H18N2O3S/c1-19-14-3-2-11(8-12(14)9-15)10-16-13-4-6-20(17,18)7-5-13/h2-3,8,13,16H,4-7,10H2,1H3. The Balaban J connectivity index is 1.93. The largest absolute Gasteiger partial charge is 0.495 e. The Kier molecular flexibility index (Phi) is 4.63. The van der Waals surface area contributed by atoms with E-state index in [-0.39, 0.29) is 17.5 Å². The molecule has 6 heteroatoms. The van der Waals surface area contributed by atoms with Crippen molar-refractivity contribution >= 4 is 9.84 Å². The highest BCUT2D eigenvalue weighted by Crippen LogP contribution is 2.19. The number of methoxy groups -OCH3 is 1. The van der Waals surface area contributed by atoms with Crippen molar-refractivity contribution in [3.8, 4) is 11.8 Å². The predicted octanol–water partition coefficient (Wildman–Crippen LogP) is 1.23. The van der Waals surface area contributed by atoms with E-state index < -0.39 is 9.84 Å². The summed E-state index contributed by atoms with van der Waals surface area (Å²) in [6.45, 7) is 0.628. The number of rotatable bonds is 4. The molecular formula is C14H18N2O3S. The second kappa shape index (κ2) is 6.25. The van der Waals surface area contributed by atoms with E-state index in [1.165, 1.54) is 7.11 Å². The minimum atomic E-state index is -2.82. The fourth-order valence-corrected chi connectivity index (χ4v) is 3.80. The molecule has 0 amide bonds. The molecule has 5 nitrogen and oxygen atoms in total. The molecule has 1 aromatic rings. The first-order chi connectivity index (χ1) is 9.54. The number of sulfone groups is 1. The zero-order chi connectivity index (χ0) is 14.6. The summed E-state index contributed by atoms with van der Waals surface area (Å²) in [6.07, 6.45) is 1.31. The Morgan fingerprint density at radius 3 is 2.70 bits per heavy atom. The highest BCUT2D eigenvalue weighted by Gasteiger charge is 2.22. The van der Waals surface area contributed by atoms with Crippen LogP contribution in [0, 0.1) is 11.3 Å². The van der Waals surface area contributed by atoms with Gasteiger partial charge in [-0.05, 0) is 30.5 Å². The normalized spacial score (nSPS) is 18.4. The maximum atomic E-state index is 11.3. The molecule has 0 bridgehead atoms. The lowest BCUT2D eigenvalue weighted by Gasteiger charge is -2.23. The summed E-state index contributed by atoms with van der Waals surface area (Å²) in [5, 5.41) is 12.4. The van der Waals surface area contributed by atoms with Crippen LogP contribution in [0.2, 0.25) is 0 Å². The van der Waals surface area contributed by atoms with Gasteiger partial charge in [-0.25, -0.2) is 8.42 Å². The van der Waals surface area contributed by atoms with Gasteiger partial charge in [0, 0.05) is 12.6 Å². The van der Waals surface area contributed by atoms with Crippen molar-refractivity contribution in [1.29, 1.82) is 5.26 Å². The molecule has 0 saturated carbocycles. The number of nitrogens with zero attached hydrogens (tertiary/aromatic N) is 1. The lowest BCUT2D eigenvalue weighted by molar-refractivity contribution is 0.413. The highest BCUT2D eigenvalue weighted by molar-refractivity contribution is 7.91. The van der Waals surface area contributed by atoms with E-state index in [4.69, 9.17) is 10.00 Å². The van der Waals surface area contributed by atoms with Gasteiger partial charge in [-0.1, -0.05) is 6.07 Å². The smallest absolute Gasteiger partial charge is 0.150 e. The Morgan fingerprint density at radius 1 is 1.40 bits per heavy atom. The first-order valence-electron chi connectivity index (χ1n) is 6.55. The van der Waals surface area contributed by atoms with Crippen LogP contribution < -0.4 is 10.1 Å². The number of benzene rings is 1. The van der Waals surface area contributed by atoms with Gasteiger partial charge in [0.05, 0.1) is 24.2 Å². The summed E-state index contributed by atoms with van der Waals surface area (Å²) in [7, 11) is -1.28. The quantitative estimate of drug-likeness (QED) is 0.903. The van der Waals surface area contributed by atoms with Crippen LogP contribution in [-0.2, 0) is 16.4 Å². The molecule has 1 N–H and O–H groups in total. The van der Waals surface area contributed by atoms with Crippen molar-refractivity contribution in [1.82, 2.24) is 5.32 Å². The average molecular weight is 294 g/mol. The number of nitriles is 1. The number of hydrogen-bond donors (Lipinski definition) is 1. The number of hydrogen-bond acceptors (Lipinski definition) is 5. The molecule has 1 aromatic carbocycles. The summed E-state index contributed by atoms with van der Waals surface area (Å²) < 4.78 is 27.8. The van der Waals surface area contributed by atoms with Gasteiger partial charge < -0.3 is 10.1 Å². The van der Waals surface area contributed by atoms with Crippen LogP contribution in [0.5, 0.6) is 5.75 Å². The molecular weight excluding hydrogens is 276 g/mol. The fraction of sp³-hybridized carbons (Fsp3) is 0.500. The molecule has 20 heavy (non-hydrogen) atoms. The summed E-state index contributed by atoms with van der Waals surface area (Å²) in [6, 6.07) is 7.82. The Labute approximate surface area is 119 Å². The van der Waals surface area contributed by atoms with E-state index in [1.54, 1.807) is 12.1 Å². The summed E-state index contributed by atoms with van der Waals surface area (Å²) >= 11 is 0. The van der Waals surface area contributed by atoms with E-state index in [0.717, 1.165) is 5.56 Å². The molecule has 0 unspecified atom stereocenters. The number of nitrogens with one attached hydrogen (secondary N) is 1. The molecule has 0 radical (unpaired) electrons. The summed E-state index contributed by atoms with van der Waals surface area (Å²) in [5.74, 6) is 1.09. The lowest BCUT2D eigenvalue weighted by atomic mass is 10.1. The Bertz CT molecular complexity index is 606. The molecule has 0 aromatic heterocycles. The molecule has 0 spiro atoms. The molecule has 0 aliphatic carbocycles. The van der Waals surface area contributed by atoms with Gasteiger partial charge in [0.1, 0.15) is 21.7 Å². The Morgan fingerprint density at radius 2 is 2.10 bits per heavy atom. The minimum Gasteiger partial charge on any atom is -0.495 e. The van der Waals surface area contributed by atoms with Crippen molar-refractivity contribution < 1.29 is 13.2 Å². The maximum absolute atomic E-state index is 11.3. The zero-order valence-electron chi connectivity index (χ0n) is 11.4. The van der Waals surface area contributed by atoms with E-state index >= 15 is 0 Å². The number of ether oxygens (including phenoxy) is 1. The van der Waals surface area contributed by atoms with E-state index in [2.05, 4.69) is 11.4 Å². The predicted molar refractivity (Wildman–Crippen MR) is 76.2 cm³/mol. The van der Waals surface area contributed by atoms with Crippen molar-refractivity contribution in [3.05, 3.63) is 29.3 Å². The van der Waals surface area contributed by atoms with Gasteiger partial charge in [0.25, 0.3) is 0 Å². The average Bonchev–Trinajstić information content (AvgIpc) is 2.45. The van der Waals surface area contributed by atoms with Crippen molar-refractivity contribution in [2.75, 3.05) is 18.6 Å². The van der Waals surface area contributed by atoms with Gasteiger partial charge in [0.15, 0.2) is 0 Å². The van der Waals surface area contributed by atoms with Crippen LogP contribution in [-0.4, -0.2) is 33.1 Å². The summed E-state index contributed by atoms with van der Waals surface area (Å²) in [5.41, 5.74) is 1.51.